The van der Waals surface area contributed by atoms with Crippen LogP contribution in [0.3, 0.4) is 0 Å². The van der Waals surface area contributed by atoms with Gasteiger partial charge in [-0.05, 0) is 32.5 Å². The molecule has 2 atom stereocenters. The molecular weight excluding hydrogens is 266 g/mol. The zero-order valence-electron chi connectivity index (χ0n) is 9.53. The van der Waals surface area contributed by atoms with E-state index in [0.717, 1.165) is 9.21 Å². The number of nitrogens with one attached hydrogen (secondary N) is 1. The number of rotatable bonds is 5. The SMILES string of the molecule is CNC(Cc1ccc(Cl)s1)C(C)S(C)(=O)=O. The minimum atomic E-state index is -3.02. The van der Waals surface area contributed by atoms with Crippen molar-refractivity contribution in [3.05, 3.63) is 21.3 Å². The van der Waals surface area contributed by atoms with Crippen LogP contribution in [0.5, 0.6) is 0 Å². The summed E-state index contributed by atoms with van der Waals surface area (Å²) in [6.45, 7) is 1.73. The van der Waals surface area contributed by atoms with E-state index in [1.165, 1.54) is 17.6 Å². The van der Waals surface area contributed by atoms with E-state index in [1.54, 1.807) is 14.0 Å². The molecule has 0 aliphatic rings. The number of halogens is 1. The van der Waals surface area contributed by atoms with E-state index in [0.29, 0.717) is 6.42 Å². The highest BCUT2D eigenvalue weighted by atomic mass is 35.5. The standard InChI is InChI=1S/C10H16ClNO2S2/c1-7(16(3,13)14)9(12-2)6-8-4-5-10(11)15-8/h4-5,7,9,12H,6H2,1-3H3. The van der Waals surface area contributed by atoms with Crippen LogP contribution in [-0.4, -0.2) is 33.0 Å². The molecule has 0 saturated heterocycles. The number of thiophene rings is 1. The van der Waals surface area contributed by atoms with E-state index in [2.05, 4.69) is 5.32 Å². The van der Waals surface area contributed by atoms with Crippen molar-refractivity contribution in [3.8, 4) is 0 Å². The zero-order chi connectivity index (χ0) is 12.3. The highest BCUT2D eigenvalue weighted by Crippen LogP contribution is 2.23. The third-order valence-corrected chi connectivity index (χ3v) is 5.60. The lowest BCUT2D eigenvalue weighted by Gasteiger charge is -2.21. The van der Waals surface area contributed by atoms with Crippen molar-refractivity contribution >= 4 is 32.8 Å². The molecular formula is C10H16ClNO2S2. The molecule has 1 aromatic heterocycles. The topological polar surface area (TPSA) is 46.2 Å². The van der Waals surface area contributed by atoms with Gasteiger partial charge in [0.15, 0.2) is 9.84 Å². The molecule has 3 nitrogen and oxygen atoms in total. The van der Waals surface area contributed by atoms with Gasteiger partial charge in [-0.1, -0.05) is 11.6 Å². The number of hydrogen-bond acceptors (Lipinski definition) is 4. The largest absolute Gasteiger partial charge is 0.315 e. The highest BCUT2D eigenvalue weighted by molar-refractivity contribution is 7.91. The lowest BCUT2D eigenvalue weighted by molar-refractivity contribution is 0.518. The molecule has 0 saturated carbocycles. The summed E-state index contributed by atoms with van der Waals surface area (Å²) in [6.07, 6.45) is 1.95. The Morgan fingerprint density at radius 1 is 1.50 bits per heavy atom. The van der Waals surface area contributed by atoms with E-state index >= 15 is 0 Å². The van der Waals surface area contributed by atoms with E-state index in [1.807, 2.05) is 12.1 Å². The molecule has 6 heteroatoms. The van der Waals surface area contributed by atoms with Crippen LogP contribution >= 0.6 is 22.9 Å². The van der Waals surface area contributed by atoms with E-state index in [9.17, 15) is 8.42 Å². The van der Waals surface area contributed by atoms with Gasteiger partial charge in [-0.2, -0.15) is 0 Å². The molecule has 1 heterocycles. The van der Waals surface area contributed by atoms with Crippen LogP contribution in [0, 0.1) is 0 Å². The maximum absolute atomic E-state index is 11.5. The molecule has 0 fully saturated rings. The molecule has 16 heavy (non-hydrogen) atoms. The van der Waals surface area contributed by atoms with Gasteiger partial charge in [0.1, 0.15) is 0 Å². The van der Waals surface area contributed by atoms with Gasteiger partial charge < -0.3 is 5.32 Å². The van der Waals surface area contributed by atoms with Gasteiger partial charge in [0.05, 0.1) is 9.59 Å². The predicted octanol–water partition coefficient (Wildman–Crippen LogP) is 1.97. The fraction of sp³-hybridized carbons (Fsp3) is 0.600. The Morgan fingerprint density at radius 2 is 2.12 bits per heavy atom. The molecule has 1 rings (SSSR count). The molecule has 92 valence electrons. The summed E-state index contributed by atoms with van der Waals surface area (Å²) < 4.78 is 23.7. The van der Waals surface area contributed by atoms with Crippen molar-refractivity contribution in [1.29, 1.82) is 0 Å². The van der Waals surface area contributed by atoms with E-state index in [-0.39, 0.29) is 6.04 Å². The molecule has 0 aliphatic heterocycles. The molecule has 0 spiro atoms. The normalized spacial score (nSPS) is 16.0. The molecule has 0 amide bonds. The fourth-order valence-electron chi connectivity index (χ4n) is 1.48. The van der Waals surface area contributed by atoms with Crippen LogP contribution in [-0.2, 0) is 16.3 Å². The van der Waals surface area contributed by atoms with Crippen molar-refractivity contribution < 1.29 is 8.42 Å². The second-order valence-electron chi connectivity index (χ2n) is 3.84. The summed E-state index contributed by atoms with van der Waals surface area (Å²) >= 11 is 7.33. The van der Waals surface area contributed by atoms with Crippen molar-refractivity contribution in [3.63, 3.8) is 0 Å². The quantitative estimate of drug-likeness (QED) is 0.898. The smallest absolute Gasteiger partial charge is 0.151 e. The van der Waals surface area contributed by atoms with Crippen molar-refractivity contribution in [2.24, 2.45) is 0 Å². The molecule has 0 radical (unpaired) electrons. The van der Waals surface area contributed by atoms with Crippen LogP contribution < -0.4 is 5.32 Å². The predicted molar refractivity (Wildman–Crippen MR) is 70.2 cm³/mol. The first kappa shape index (κ1) is 14.0. The second kappa shape index (κ2) is 5.49. The Bertz CT molecular complexity index is 441. The minimum absolute atomic E-state index is 0.0790. The molecule has 0 bridgehead atoms. The summed E-state index contributed by atoms with van der Waals surface area (Å²) in [4.78, 5) is 1.10. The number of sulfone groups is 1. The molecule has 2 unspecified atom stereocenters. The number of hydrogen-bond donors (Lipinski definition) is 1. The highest BCUT2D eigenvalue weighted by Gasteiger charge is 2.25. The molecule has 1 N–H and O–H groups in total. The first-order valence-electron chi connectivity index (χ1n) is 4.95. The maximum Gasteiger partial charge on any atom is 0.151 e. The van der Waals surface area contributed by atoms with Gasteiger partial charge in [-0.25, -0.2) is 8.42 Å². The van der Waals surface area contributed by atoms with Crippen molar-refractivity contribution in [2.45, 2.75) is 24.6 Å². The molecule has 0 aromatic carbocycles. The van der Waals surface area contributed by atoms with Crippen LogP contribution in [0.4, 0.5) is 0 Å². The third kappa shape index (κ3) is 3.73. The number of likely N-dealkylation sites (N-methyl/N-ethyl adjacent to an activating group) is 1. The average molecular weight is 282 g/mol. The van der Waals surface area contributed by atoms with Crippen molar-refractivity contribution in [2.75, 3.05) is 13.3 Å². The van der Waals surface area contributed by atoms with Crippen LogP contribution in [0.15, 0.2) is 12.1 Å². The minimum Gasteiger partial charge on any atom is -0.315 e. The Balaban J connectivity index is 2.77. The van der Waals surface area contributed by atoms with E-state index in [4.69, 9.17) is 11.6 Å². The fourth-order valence-corrected chi connectivity index (χ4v) is 3.45. The monoisotopic (exact) mass is 281 g/mol. The van der Waals surface area contributed by atoms with Crippen molar-refractivity contribution in [1.82, 2.24) is 5.32 Å². The first-order valence-corrected chi connectivity index (χ1v) is 8.10. The Kier molecular flexibility index (Phi) is 4.79. The Hall–Kier alpha value is -0.100. The van der Waals surface area contributed by atoms with Gasteiger partial charge in [0, 0.05) is 17.2 Å². The summed E-state index contributed by atoms with van der Waals surface area (Å²) in [7, 11) is -1.24. The van der Waals surface area contributed by atoms with Gasteiger partial charge >= 0.3 is 0 Å². The molecule has 1 aromatic rings. The lowest BCUT2D eigenvalue weighted by Crippen LogP contribution is -2.41. The molecule has 0 aliphatic carbocycles. The zero-order valence-corrected chi connectivity index (χ0v) is 11.9. The van der Waals surface area contributed by atoms with Crippen LogP contribution in [0.1, 0.15) is 11.8 Å². The Morgan fingerprint density at radius 3 is 2.50 bits per heavy atom. The average Bonchev–Trinajstić information content (AvgIpc) is 2.58. The summed E-state index contributed by atoms with van der Waals surface area (Å²) in [6, 6.07) is 3.69. The maximum atomic E-state index is 11.5. The van der Waals surface area contributed by atoms with Crippen LogP contribution in [0.25, 0.3) is 0 Å². The summed E-state index contributed by atoms with van der Waals surface area (Å²) in [5, 5.41) is 2.65. The van der Waals surface area contributed by atoms with Crippen LogP contribution in [0.2, 0.25) is 4.34 Å². The summed E-state index contributed by atoms with van der Waals surface area (Å²) in [5.41, 5.74) is 0. The lowest BCUT2D eigenvalue weighted by atomic mass is 10.1. The van der Waals surface area contributed by atoms with Gasteiger partial charge in [-0.3, -0.25) is 0 Å². The Labute approximate surface area is 106 Å². The van der Waals surface area contributed by atoms with Gasteiger partial charge in [0.25, 0.3) is 0 Å². The third-order valence-electron chi connectivity index (χ3n) is 2.66. The van der Waals surface area contributed by atoms with Gasteiger partial charge in [0.2, 0.25) is 0 Å². The van der Waals surface area contributed by atoms with Gasteiger partial charge in [-0.15, -0.1) is 11.3 Å². The summed E-state index contributed by atoms with van der Waals surface area (Å²) in [5.74, 6) is 0. The second-order valence-corrected chi connectivity index (χ2v) is 8.04. The first-order chi connectivity index (χ1) is 7.34. The van der Waals surface area contributed by atoms with E-state index < -0.39 is 15.1 Å².